The largest absolute Gasteiger partial charge is 0.388 e. The summed E-state index contributed by atoms with van der Waals surface area (Å²) in [5.41, 5.74) is 0. The van der Waals surface area contributed by atoms with E-state index in [9.17, 15) is 5.11 Å². The molecule has 1 rings (SSSR count). The number of unbranched alkanes of at least 4 members (excludes halogenated alkanes) is 3. The molecule has 1 heterocycles. The highest BCUT2D eigenvalue weighted by Crippen LogP contribution is 2.25. The minimum atomic E-state index is -0.763. The smallest absolute Gasteiger partial charge is 0.186 e. The lowest BCUT2D eigenvalue weighted by Gasteiger charge is -2.34. The first kappa shape index (κ1) is 22.8. The molecule has 150 valence electrons. The van der Waals surface area contributed by atoms with Gasteiger partial charge in [0, 0.05) is 26.9 Å². The quantitative estimate of drug-likeness (QED) is 0.508. The highest BCUT2D eigenvalue weighted by Gasteiger charge is 2.44. The average molecular weight is 363 g/mol. The molecular weight excluding hydrogens is 324 g/mol. The van der Waals surface area contributed by atoms with E-state index in [-0.39, 0.29) is 6.61 Å². The van der Waals surface area contributed by atoms with Crippen molar-refractivity contribution < 1.29 is 28.8 Å². The molecule has 0 aromatic carbocycles. The monoisotopic (exact) mass is 362 g/mol. The van der Waals surface area contributed by atoms with Crippen LogP contribution in [0.25, 0.3) is 0 Å². The fraction of sp³-hybridized carbons (Fsp3) is 1.00. The minimum absolute atomic E-state index is 0.149. The fourth-order valence-corrected chi connectivity index (χ4v) is 2.81. The highest BCUT2D eigenvalue weighted by molar-refractivity contribution is 4.90. The molecule has 25 heavy (non-hydrogen) atoms. The molecule has 0 radical (unpaired) electrons. The molecule has 0 aliphatic carbocycles. The molecule has 0 bridgehead atoms. The molecule has 6 nitrogen and oxygen atoms in total. The van der Waals surface area contributed by atoms with Gasteiger partial charge in [0.1, 0.15) is 24.4 Å². The number of methoxy groups -OCH3 is 1. The van der Waals surface area contributed by atoms with E-state index in [1.807, 2.05) is 0 Å². The maximum absolute atomic E-state index is 10.5. The van der Waals surface area contributed by atoms with E-state index in [4.69, 9.17) is 23.7 Å². The Bertz CT molecular complexity index is 314. The summed E-state index contributed by atoms with van der Waals surface area (Å²) in [5, 5.41) is 10.5. The highest BCUT2D eigenvalue weighted by atomic mass is 16.7. The zero-order valence-corrected chi connectivity index (χ0v) is 16.4. The first-order valence-corrected chi connectivity index (χ1v) is 9.86. The third-order valence-corrected chi connectivity index (χ3v) is 4.38. The molecule has 1 saturated heterocycles. The Kier molecular flexibility index (Phi) is 12.7. The summed E-state index contributed by atoms with van der Waals surface area (Å²) in [5.74, 6) is 0. The van der Waals surface area contributed by atoms with Crippen LogP contribution >= 0.6 is 0 Å². The van der Waals surface area contributed by atoms with Crippen molar-refractivity contribution in [2.75, 3.05) is 33.5 Å². The third-order valence-electron chi connectivity index (χ3n) is 4.38. The minimum Gasteiger partial charge on any atom is -0.388 e. The number of hydrogen-bond acceptors (Lipinski definition) is 6. The Hall–Kier alpha value is -0.240. The van der Waals surface area contributed by atoms with Crippen molar-refractivity contribution in [3.63, 3.8) is 0 Å². The van der Waals surface area contributed by atoms with Crippen LogP contribution in [-0.2, 0) is 23.7 Å². The van der Waals surface area contributed by atoms with Crippen molar-refractivity contribution in [1.29, 1.82) is 0 Å². The average Bonchev–Trinajstić information content (AvgIpc) is 2.74. The van der Waals surface area contributed by atoms with Crippen molar-refractivity contribution >= 4 is 0 Å². The van der Waals surface area contributed by atoms with Gasteiger partial charge in [0.15, 0.2) is 6.29 Å². The van der Waals surface area contributed by atoms with Gasteiger partial charge in [-0.1, -0.05) is 40.0 Å². The van der Waals surface area contributed by atoms with E-state index in [0.29, 0.717) is 19.8 Å². The normalized spacial score (nSPS) is 30.4. The first-order chi connectivity index (χ1) is 12.2. The lowest BCUT2D eigenvalue weighted by atomic mass is 10.0. The molecule has 1 fully saturated rings. The summed E-state index contributed by atoms with van der Waals surface area (Å²) < 4.78 is 29.4. The standard InChI is InChI=1S/C19H38O6/c1-5-8-11-22-16-15(20)14-25-19(21-4)18(24-13-10-7-3)17(16)23-12-9-6-2/h15-20H,5-14H2,1-4H3/t15-,16-,17?,18?,19?/m1/s1. The van der Waals surface area contributed by atoms with Gasteiger partial charge < -0.3 is 28.8 Å². The summed E-state index contributed by atoms with van der Waals surface area (Å²) in [6.45, 7) is 8.30. The van der Waals surface area contributed by atoms with Gasteiger partial charge in [-0.3, -0.25) is 0 Å². The first-order valence-electron chi connectivity index (χ1n) is 9.86. The van der Waals surface area contributed by atoms with Crippen molar-refractivity contribution in [3.8, 4) is 0 Å². The van der Waals surface area contributed by atoms with Gasteiger partial charge in [0.25, 0.3) is 0 Å². The number of aliphatic hydroxyl groups excluding tert-OH is 1. The van der Waals surface area contributed by atoms with E-state index in [2.05, 4.69) is 20.8 Å². The molecule has 0 aromatic heterocycles. The van der Waals surface area contributed by atoms with Crippen molar-refractivity contribution in [2.24, 2.45) is 0 Å². The zero-order valence-electron chi connectivity index (χ0n) is 16.4. The van der Waals surface area contributed by atoms with Crippen LogP contribution < -0.4 is 0 Å². The second kappa shape index (κ2) is 13.9. The Morgan fingerprint density at radius 1 is 0.800 bits per heavy atom. The van der Waals surface area contributed by atoms with Crippen LogP contribution in [0.3, 0.4) is 0 Å². The van der Waals surface area contributed by atoms with Crippen LogP contribution in [0.1, 0.15) is 59.3 Å². The molecule has 5 atom stereocenters. The summed E-state index contributed by atoms with van der Waals surface area (Å²) in [6, 6.07) is 0. The SMILES string of the molecule is CCCCOC1C(OC)OC[C@@H](O)[C@@H](OCCCC)C1OCCCC. The van der Waals surface area contributed by atoms with Crippen LogP contribution in [-0.4, -0.2) is 69.3 Å². The molecule has 0 spiro atoms. The fourth-order valence-electron chi connectivity index (χ4n) is 2.81. The topological polar surface area (TPSA) is 66.4 Å². The molecule has 1 aliphatic heterocycles. The van der Waals surface area contributed by atoms with Gasteiger partial charge in [-0.05, 0) is 19.3 Å². The lowest BCUT2D eigenvalue weighted by molar-refractivity contribution is -0.223. The zero-order chi connectivity index (χ0) is 18.5. The van der Waals surface area contributed by atoms with Crippen LogP contribution in [0.2, 0.25) is 0 Å². The Morgan fingerprint density at radius 3 is 1.76 bits per heavy atom. The van der Waals surface area contributed by atoms with Crippen LogP contribution in [0.4, 0.5) is 0 Å². The number of rotatable bonds is 13. The van der Waals surface area contributed by atoms with Gasteiger partial charge in [-0.15, -0.1) is 0 Å². The maximum Gasteiger partial charge on any atom is 0.186 e. The van der Waals surface area contributed by atoms with Crippen molar-refractivity contribution in [2.45, 2.75) is 90.0 Å². The maximum atomic E-state index is 10.5. The lowest BCUT2D eigenvalue weighted by Crippen LogP contribution is -2.51. The van der Waals surface area contributed by atoms with E-state index >= 15 is 0 Å². The van der Waals surface area contributed by atoms with E-state index < -0.39 is 30.7 Å². The number of ether oxygens (including phenoxy) is 5. The molecule has 1 aliphatic rings. The van der Waals surface area contributed by atoms with Crippen LogP contribution in [0.5, 0.6) is 0 Å². The predicted octanol–water partition coefficient (Wildman–Crippen LogP) is 2.91. The molecule has 0 aromatic rings. The number of aliphatic hydroxyl groups is 1. The van der Waals surface area contributed by atoms with E-state index in [1.165, 1.54) is 0 Å². The molecule has 1 N–H and O–H groups in total. The van der Waals surface area contributed by atoms with Gasteiger partial charge in [0.05, 0.1) is 6.61 Å². The molecule has 6 heteroatoms. The summed E-state index contributed by atoms with van der Waals surface area (Å²) >= 11 is 0. The summed E-state index contributed by atoms with van der Waals surface area (Å²) in [4.78, 5) is 0. The van der Waals surface area contributed by atoms with E-state index in [1.54, 1.807) is 7.11 Å². The molecule has 3 unspecified atom stereocenters. The molecule has 0 amide bonds. The Labute approximate surface area is 153 Å². The summed E-state index contributed by atoms with van der Waals surface area (Å²) in [6.07, 6.45) is 3.34. The summed E-state index contributed by atoms with van der Waals surface area (Å²) in [7, 11) is 1.59. The second-order valence-electron chi connectivity index (χ2n) is 6.57. The predicted molar refractivity (Wildman–Crippen MR) is 96.7 cm³/mol. The van der Waals surface area contributed by atoms with Gasteiger partial charge >= 0.3 is 0 Å². The second-order valence-corrected chi connectivity index (χ2v) is 6.57. The van der Waals surface area contributed by atoms with Crippen LogP contribution in [0.15, 0.2) is 0 Å². The van der Waals surface area contributed by atoms with Gasteiger partial charge in [-0.25, -0.2) is 0 Å². The third kappa shape index (κ3) is 7.89. The molecular formula is C19H38O6. The Balaban J connectivity index is 2.90. The molecule has 0 saturated carbocycles. The Morgan fingerprint density at radius 2 is 1.28 bits per heavy atom. The van der Waals surface area contributed by atoms with Gasteiger partial charge in [0.2, 0.25) is 0 Å². The van der Waals surface area contributed by atoms with Crippen LogP contribution in [0, 0.1) is 0 Å². The van der Waals surface area contributed by atoms with Crippen molar-refractivity contribution in [1.82, 2.24) is 0 Å². The van der Waals surface area contributed by atoms with Crippen molar-refractivity contribution in [3.05, 3.63) is 0 Å². The van der Waals surface area contributed by atoms with E-state index in [0.717, 1.165) is 38.5 Å². The number of hydrogen-bond donors (Lipinski definition) is 1. The van der Waals surface area contributed by atoms with Gasteiger partial charge in [-0.2, -0.15) is 0 Å².